The first-order chi connectivity index (χ1) is 11.1. The third-order valence-corrected chi connectivity index (χ3v) is 3.13. The van der Waals surface area contributed by atoms with Crippen molar-refractivity contribution in [3.05, 3.63) is 54.1 Å². The van der Waals surface area contributed by atoms with Gasteiger partial charge in [-0.3, -0.25) is 4.79 Å². The molecule has 0 saturated carbocycles. The third-order valence-electron chi connectivity index (χ3n) is 3.13. The standard InChI is InChI=1S/C18H18N4O/c1-4-13-19-18(23)14-5-7-15(8-6-14)20-21-16-9-11-17(12-10-16)22(2)3/h1,5-12H,13H2,2-3H3,(H,19,23)/b21-20+. The first-order valence-electron chi connectivity index (χ1n) is 7.11. The maximum atomic E-state index is 11.7. The lowest BCUT2D eigenvalue weighted by Crippen LogP contribution is -2.23. The molecule has 5 nitrogen and oxygen atoms in total. The van der Waals surface area contributed by atoms with E-state index in [1.807, 2.05) is 43.3 Å². The van der Waals surface area contributed by atoms with Gasteiger partial charge in [-0.1, -0.05) is 5.92 Å². The second-order valence-electron chi connectivity index (χ2n) is 5.04. The number of terminal acetylenes is 1. The van der Waals surface area contributed by atoms with Crippen molar-refractivity contribution in [2.45, 2.75) is 0 Å². The quantitative estimate of drug-likeness (QED) is 0.678. The fourth-order valence-corrected chi connectivity index (χ4v) is 1.85. The predicted octanol–water partition coefficient (Wildman–Crippen LogP) is 3.53. The highest BCUT2D eigenvalue weighted by molar-refractivity contribution is 5.94. The molecule has 23 heavy (non-hydrogen) atoms. The van der Waals surface area contributed by atoms with E-state index in [-0.39, 0.29) is 12.5 Å². The largest absolute Gasteiger partial charge is 0.378 e. The fraction of sp³-hybridized carbons (Fsp3) is 0.167. The van der Waals surface area contributed by atoms with E-state index in [1.54, 1.807) is 24.3 Å². The van der Waals surface area contributed by atoms with Gasteiger partial charge >= 0.3 is 0 Å². The van der Waals surface area contributed by atoms with Crippen LogP contribution in [0.15, 0.2) is 58.8 Å². The Hall–Kier alpha value is -3.13. The second-order valence-corrected chi connectivity index (χ2v) is 5.04. The molecule has 0 heterocycles. The summed E-state index contributed by atoms with van der Waals surface area (Å²) in [4.78, 5) is 13.7. The van der Waals surface area contributed by atoms with Crippen LogP contribution in [0.5, 0.6) is 0 Å². The van der Waals surface area contributed by atoms with Gasteiger partial charge in [-0.15, -0.1) is 6.42 Å². The van der Waals surface area contributed by atoms with E-state index >= 15 is 0 Å². The van der Waals surface area contributed by atoms with Crippen LogP contribution in [-0.4, -0.2) is 26.5 Å². The molecule has 1 amide bonds. The Bertz CT molecular complexity index is 725. The van der Waals surface area contributed by atoms with Crippen molar-refractivity contribution in [1.29, 1.82) is 0 Å². The molecule has 0 aliphatic heterocycles. The Balaban J connectivity index is 2.02. The minimum Gasteiger partial charge on any atom is -0.378 e. The Morgan fingerprint density at radius 1 is 1.04 bits per heavy atom. The Morgan fingerprint density at radius 3 is 2.04 bits per heavy atom. The molecule has 0 unspecified atom stereocenters. The summed E-state index contributed by atoms with van der Waals surface area (Å²) < 4.78 is 0. The number of amides is 1. The first-order valence-corrected chi connectivity index (χ1v) is 7.11. The van der Waals surface area contributed by atoms with E-state index in [0.29, 0.717) is 11.3 Å². The SMILES string of the molecule is C#CCNC(=O)c1ccc(/N=N/c2ccc(N(C)C)cc2)cc1. The van der Waals surface area contributed by atoms with Crippen LogP contribution in [0.2, 0.25) is 0 Å². The summed E-state index contributed by atoms with van der Waals surface area (Å²) in [6.07, 6.45) is 5.10. The monoisotopic (exact) mass is 306 g/mol. The number of carbonyl (C=O) groups excluding carboxylic acids is 1. The number of nitrogens with zero attached hydrogens (tertiary/aromatic N) is 3. The van der Waals surface area contributed by atoms with Crippen LogP contribution in [0, 0.1) is 12.3 Å². The van der Waals surface area contributed by atoms with Gasteiger partial charge in [0, 0.05) is 25.3 Å². The molecule has 116 valence electrons. The van der Waals surface area contributed by atoms with Crippen LogP contribution in [0.1, 0.15) is 10.4 Å². The van der Waals surface area contributed by atoms with Crippen molar-refractivity contribution < 1.29 is 4.79 Å². The molecule has 5 heteroatoms. The molecule has 2 rings (SSSR count). The third kappa shape index (κ3) is 4.68. The van der Waals surface area contributed by atoms with Gasteiger partial charge in [0.2, 0.25) is 0 Å². The van der Waals surface area contributed by atoms with E-state index in [0.717, 1.165) is 11.4 Å². The lowest BCUT2D eigenvalue weighted by Gasteiger charge is -2.11. The summed E-state index contributed by atoms with van der Waals surface area (Å²) in [7, 11) is 3.97. The Labute approximate surface area is 136 Å². The minimum atomic E-state index is -0.203. The van der Waals surface area contributed by atoms with Crippen molar-refractivity contribution >= 4 is 23.0 Å². The maximum Gasteiger partial charge on any atom is 0.252 e. The highest BCUT2D eigenvalue weighted by Gasteiger charge is 2.03. The van der Waals surface area contributed by atoms with Gasteiger partial charge in [0.05, 0.1) is 17.9 Å². The number of hydrogen-bond acceptors (Lipinski definition) is 4. The van der Waals surface area contributed by atoms with Crippen LogP contribution in [0.4, 0.5) is 17.1 Å². The van der Waals surface area contributed by atoms with Gasteiger partial charge in [0.1, 0.15) is 0 Å². The molecule has 0 bridgehead atoms. The molecule has 0 aliphatic carbocycles. The summed E-state index contributed by atoms with van der Waals surface area (Å²) in [5, 5.41) is 10.9. The van der Waals surface area contributed by atoms with Gasteiger partial charge in [-0.05, 0) is 48.5 Å². The van der Waals surface area contributed by atoms with Crippen molar-refractivity contribution in [3.8, 4) is 12.3 Å². The fourth-order valence-electron chi connectivity index (χ4n) is 1.85. The average Bonchev–Trinajstić information content (AvgIpc) is 2.58. The summed E-state index contributed by atoms with van der Waals surface area (Å²) in [5.41, 5.74) is 3.09. The first kappa shape index (κ1) is 16.2. The maximum absolute atomic E-state index is 11.7. The predicted molar refractivity (Wildman–Crippen MR) is 92.6 cm³/mol. The van der Waals surface area contributed by atoms with Gasteiger partial charge in [-0.2, -0.15) is 10.2 Å². The van der Waals surface area contributed by atoms with Gasteiger partial charge in [-0.25, -0.2) is 0 Å². The van der Waals surface area contributed by atoms with Crippen LogP contribution < -0.4 is 10.2 Å². The molecule has 0 aliphatic rings. The zero-order valence-corrected chi connectivity index (χ0v) is 13.2. The van der Waals surface area contributed by atoms with Gasteiger partial charge in [0.25, 0.3) is 5.91 Å². The highest BCUT2D eigenvalue weighted by Crippen LogP contribution is 2.21. The number of anilines is 1. The number of nitrogens with one attached hydrogen (secondary N) is 1. The van der Waals surface area contributed by atoms with Crippen molar-refractivity contribution in [2.24, 2.45) is 10.2 Å². The average molecular weight is 306 g/mol. The van der Waals surface area contributed by atoms with Crippen molar-refractivity contribution in [1.82, 2.24) is 5.32 Å². The molecule has 1 N–H and O–H groups in total. The summed E-state index contributed by atoms with van der Waals surface area (Å²) >= 11 is 0. The van der Waals surface area contributed by atoms with Crippen LogP contribution in [-0.2, 0) is 0 Å². The van der Waals surface area contributed by atoms with Crippen molar-refractivity contribution in [2.75, 3.05) is 25.5 Å². The van der Waals surface area contributed by atoms with Gasteiger partial charge in [0.15, 0.2) is 0 Å². The summed E-state index contributed by atoms with van der Waals surface area (Å²) in [6, 6.07) is 14.6. The zero-order chi connectivity index (χ0) is 16.7. The molecule has 0 aromatic heterocycles. The molecule has 0 saturated heterocycles. The van der Waals surface area contributed by atoms with E-state index < -0.39 is 0 Å². The number of azo groups is 1. The summed E-state index contributed by atoms with van der Waals surface area (Å²) in [6.45, 7) is 0.212. The van der Waals surface area contributed by atoms with E-state index in [2.05, 4.69) is 21.5 Å². The van der Waals surface area contributed by atoms with E-state index in [9.17, 15) is 4.79 Å². The highest BCUT2D eigenvalue weighted by atomic mass is 16.1. The molecule has 2 aromatic carbocycles. The summed E-state index contributed by atoms with van der Waals surface area (Å²) in [5.74, 6) is 2.16. The van der Waals surface area contributed by atoms with Gasteiger partial charge < -0.3 is 10.2 Å². The number of hydrogen-bond donors (Lipinski definition) is 1. The second kappa shape index (κ2) is 7.76. The van der Waals surface area contributed by atoms with Crippen LogP contribution in [0.25, 0.3) is 0 Å². The molecular formula is C18H18N4O. The molecule has 0 radical (unpaired) electrons. The lowest BCUT2D eigenvalue weighted by molar-refractivity contribution is 0.0958. The smallest absolute Gasteiger partial charge is 0.252 e. The number of rotatable bonds is 5. The molecule has 0 fully saturated rings. The molecule has 0 atom stereocenters. The normalized spacial score (nSPS) is 10.3. The molecule has 0 spiro atoms. The lowest BCUT2D eigenvalue weighted by atomic mass is 10.2. The topological polar surface area (TPSA) is 57.1 Å². The Morgan fingerprint density at radius 2 is 1.57 bits per heavy atom. The minimum absolute atomic E-state index is 0.203. The number of carbonyl (C=O) groups is 1. The molecule has 2 aromatic rings. The Kier molecular flexibility index (Phi) is 5.48. The van der Waals surface area contributed by atoms with E-state index in [1.165, 1.54) is 0 Å². The van der Waals surface area contributed by atoms with Crippen LogP contribution in [0.3, 0.4) is 0 Å². The van der Waals surface area contributed by atoms with Crippen LogP contribution >= 0.6 is 0 Å². The number of benzene rings is 2. The van der Waals surface area contributed by atoms with Crippen molar-refractivity contribution in [3.63, 3.8) is 0 Å². The zero-order valence-electron chi connectivity index (χ0n) is 13.2. The molecular weight excluding hydrogens is 288 g/mol. The van der Waals surface area contributed by atoms with E-state index in [4.69, 9.17) is 6.42 Å².